The maximum Gasteiger partial charge on any atom is 0.490 e. The molecule has 1 aliphatic carbocycles. The van der Waals surface area contributed by atoms with Gasteiger partial charge >= 0.3 is 12.1 Å². The molecular formula is C24H26ClF3N6O4. The number of carbonyl (C=O) groups excluding carboxylic acids is 1. The molecule has 38 heavy (non-hydrogen) atoms. The van der Waals surface area contributed by atoms with Crippen LogP contribution in [0, 0.1) is 11.3 Å². The smallest absolute Gasteiger partial charge is 0.490 e. The van der Waals surface area contributed by atoms with Crippen molar-refractivity contribution in [3.63, 3.8) is 0 Å². The summed E-state index contributed by atoms with van der Waals surface area (Å²) < 4.78 is 37.7. The number of benzene rings is 1. The Morgan fingerprint density at radius 2 is 1.79 bits per heavy atom. The number of rotatable bonds is 5. The molecule has 1 aromatic carbocycles. The number of hydrogen-bond donors (Lipinski definition) is 3. The first kappa shape index (κ1) is 28.9. The van der Waals surface area contributed by atoms with Crippen molar-refractivity contribution in [2.75, 3.05) is 31.1 Å². The van der Waals surface area contributed by atoms with E-state index >= 15 is 0 Å². The molecule has 1 saturated heterocycles. The predicted octanol–water partition coefficient (Wildman–Crippen LogP) is 3.16. The Bertz CT molecular complexity index is 1150. The van der Waals surface area contributed by atoms with Gasteiger partial charge < -0.3 is 25.4 Å². The highest BCUT2D eigenvalue weighted by Crippen LogP contribution is 2.27. The number of nitriles is 1. The van der Waals surface area contributed by atoms with E-state index in [-0.39, 0.29) is 18.1 Å². The van der Waals surface area contributed by atoms with Crippen LogP contribution in [0.3, 0.4) is 0 Å². The quantitative estimate of drug-likeness (QED) is 0.508. The van der Waals surface area contributed by atoms with Gasteiger partial charge in [-0.1, -0.05) is 11.6 Å². The third-order valence-electron chi connectivity index (χ3n) is 5.94. The maximum absolute atomic E-state index is 12.6. The van der Waals surface area contributed by atoms with E-state index < -0.39 is 12.1 Å². The highest BCUT2D eigenvalue weighted by atomic mass is 35.5. The molecule has 2 aromatic rings. The first-order chi connectivity index (χ1) is 18.1. The van der Waals surface area contributed by atoms with Gasteiger partial charge in [0.15, 0.2) is 11.5 Å². The van der Waals surface area contributed by atoms with Crippen molar-refractivity contribution >= 4 is 29.3 Å². The van der Waals surface area contributed by atoms with Crippen LogP contribution in [0.5, 0.6) is 5.75 Å². The second-order valence-electron chi connectivity index (χ2n) is 8.64. The number of carboxylic acid groups (broad SMARTS) is 1. The minimum absolute atomic E-state index is 0.0651. The second kappa shape index (κ2) is 13.3. The number of aromatic nitrogens is 2. The fourth-order valence-corrected chi connectivity index (χ4v) is 4.16. The summed E-state index contributed by atoms with van der Waals surface area (Å²) in [6.07, 6.45) is -1.71. The van der Waals surface area contributed by atoms with E-state index in [0.717, 1.165) is 57.7 Å². The van der Waals surface area contributed by atoms with Gasteiger partial charge in [-0.3, -0.25) is 4.79 Å². The number of aliphatic carboxylic acids is 1. The van der Waals surface area contributed by atoms with Crippen molar-refractivity contribution in [2.45, 2.75) is 44.0 Å². The monoisotopic (exact) mass is 554 g/mol. The molecule has 0 atom stereocenters. The number of nitrogens with zero attached hydrogens (tertiary/aromatic N) is 4. The number of piperazine rings is 1. The topological polar surface area (TPSA) is 140 Å². The standard InChI is InChI=1S/C22H25ClN6O2.C2HF3O2/c23-19-13-18(4-1-15(19)14-24)31-17-5-2-16(3-6-17)26-22(30)20-7-8-21(28-27-20)29-11-9-25-10-12-29;3-2(4,5)1(6)7/h1,4,7-8,13,16-17,25H,2-3,5-6,9-12H2,(H,26,30);(H,6,7)/t16-,17-;. The SMILES string of the molecule is N#Cc1ccc(O[C@H]2CC[C@H](NC(=O)c3ccc(N4CCNCC4)nn3)CC2)cc1Cl.O=C(O)C(F)(F)F. The largest absolute Gasteiger partial charge is 0.490 e. The molecule has 2 aliphatic rings. The number of carbonyl (C=O) groups is 2. The van der Waals surface area contributed by atoms with Crippen molar-refractivity contribution in [2.24, 2.45) is 0 Å². The summed E-state index contributed by atoms with van der Waals surface area (Å²) in [7, 11) is 0. The minimum atomic E-state index is -5.08. The van der Waals surface area contributed by atoms with E-state index in [1.165, 1.54) is 0 Å². The van der Waals surface area contributed by atoms with Crippen LogP contribution in [0.1, 0.15) is 41.7 Å². The highest BCUT2D eigenvalue weighted by Gasteiger charge is 2.38. The lowest BCUT2D eigenvalue weighted by Crippen LogP contribution is -2.44. The van der Waals surface area contributed by atoms with Crippen LogP contribution >= 0.6 is 11.6 Å². The molecule has 1 saturated carbocycles. The van der Waals surface area contributed by atoms with E-state index in [1.807, 2.05) is 12.1 Å². The molecule has 2 heterocycles. The lowest BCUT2D eigenvalue weighted by atomic mass is 9.93. The number of anilines is 1. The average Bonchev–Trinajstić information content (AvgIpc) is 2.90. The molecule has 0 unspecified atom stereocenters. The Morgan fingerprint density at radius 1 is 1.13 bits per heavy atom. The van der Waals surface area contributed by atoms with Crippen LogP contribution in [-0.4, -0.2) is 71.7 Å². The van der Waals surface area contributed by atoms with Crippen LogP contribution in [0.4, 0.5) is 19.0 Å². The maximum atomic E-state index is 12.6. The lowest BCUT2D eigenvalue weighted by molar-refractivity contribution is -0.192. The zero-order valence-corrected chi connectivity index (χ0v) is 20.9. The molecular weight excluding hydrogens is 529 g/mol. The first-order valence-corrected chi connectivity index (χ1v) is 12.2. The Hall–Kier alpha value is -3.63. The van der Waals surface area contributed by atoms with Crippen LogP contribution < -0.4 is 20.3 Å². The zero-order valence-electron chi connectivity index (χ0n) is 20.2. The third kappa shape index (κ3) is 8.46. The van der Waals surface area contributed by atoms with E-state index in [4.69, 9.17) is 31.5 Å². The number of alkyl halides is 3. The summed E-state index contributed by atoms with van der Waals surface area (Å²) in [5, 5.41) is 31.2. The minimum Gasteiger partial charge on any atom is -0.490 e. The van der Waals surface area contributed by atoms with Crippen LogP contribution in [0.2, 0.25) is 5.02 Å². The third-order valence-corrected chi connectivity index (χ3v) is 6.25. The number of halogens is 4. The summed E-state index contributed by atoms with van der Waals surface area (Å²) in [5.41, 5.74) is 0.772. The Morgan fingerprint density at radius 3 is 2.32 bits per heavy atom. The molecule has 1 amide bonds. The molecule has 3 N–H and O–H groups in total. The van der Waals surface area contributed by atoms with Gasteiger partial charge in [0, 0.05) is 38.3 Å². The number of carboxylic acids is 1. The summed E-state index contributed by atoms with van der Waals surface area (Å²) in [6, 6.07) is 10.8. The lowest BCUT2D eigenvalue weighted by Gasteiger charge is -2.29. The normalized spacial score (nSPS) is 19.4. The Balaban J connectivity index is 0.000000505. The van der Waals surface area contributed by atoms with Crippen molar-refractivity contribution in [3.05, 3.63) is 46.6 Å². The summed E-state index contributed by atoms with van der Waals surface area (Å²) in [5.74, 6) is -1.48. The van der Waals surface area contributed by atoms with Gasteiger partial charge in [0.2, 0.25) is 0 Å². The molecule has 10 nitrogen and oxygen atoms in total. The number of ether oxygens (including phenoxy) is 1. The first-order valence-electron chi connectivity index (χ1n) is 11.8. The second-order valence-corrected chi connectivity index (χ2v) is 9.04. The highest BCUT2D eigenvalue weighted by molar-refractivity contribution is 6.31. The molecule has 4 rings (SSSR count). The van der Waals surface area contributed by atoms with E-state index in [9.17, 15) is 18.0 Å². The summed E-state index contributed by atoms with van der Waals surface area (Å²) in [6.45, 7) is 3.63. The van der Waals surface area contributed by atoms with Gasteiger partial charge in [-0.25, -0.2) is 4.79 Å². The van der Waals surface area contributed by atoms with Crippen molar-refractivity contribution in [1.82, 2.24) is 20.8 Å². The van der Waals surface area contributed by atoms with Crippen molar-refractivity contribution in [1.29, 1.82) is 5.26 Å². The molecule has 0 spiro atoms. The fraction of sp³-hybridized carbons (Fsp3) is 0.458. The number of amides is 1. The van der Waals surface area contributed by atoms with Crippen molar-refractivity contribution < 1.29 is 32.6 Å². The molecule has 0 radical (unpaired) electrons. The van der Waals surface area contributed by atoms with Crippen LogP contribution in [0.15, 0.2) is 30.3 Å². The zero-order chi connectivity index (χ0) is 27.7. The fourth-order valence-electron chi connectivity index (χ4n) is 3.95. The van der Waals surface area contributed by atoms with Crippen molar-refractivity contribution in [3.8, 4) is 11.8 Å². The molecule has 1 aliphatic heterocycles. The van der Waals surface area contributed by atoms with Crippen LogP contribution in [0.25, 0.3) is 0 Å². The molecule has 0 bridgehead atoms. The summed E-state index contributed by atoms with van der Waals surface area (Å²) in [4.78, 5) is 23.6. The molecule has 204 valence electrons. The van der Waals surface area contributed by atoms with Gasteiger partial charge in [0.1, 0.15) is 11.8 Å². The Kier molecular flexibility index (Phi) is 10.1. The van der Waals surface area contributed by atoms with Gasteiger partial charge in [0.05, 0.1) is 16.7 Å². The van der Waals surface area contributed by atoms with E-state index in [1.54, 1.807) is 24.3 Å². The van der Waals surface area contributed by atoms with Crippen LogP contribution in [-0.2, 0) is 4.79 Å². The van der Waals surface area contributed by atoms with Gasteiger partial charge in [0.25, 0.3) is 5.91 Å². The van der Waals surface area contributed by atoms with Gasteiger partial charge in [-0.2, -0.15) is 18.4 Å². The summed E-state index contributed by atoms with van der Waals surface area (Å²) >= 11 is 6.07. The van der Waals surface area contributed by atoms with E-state index in [0.29, 0.717) is 22.0 Å². The van der Waals surface area contributed by atoms with Gasteiger partial charge in [-0.15, -0.1) is 10.2 Å². The molecule has 14 heteroatoms. The molecule has 1 aromatic heterocycles. The number of hydrogen-bond acceptors (Lipinski definition) is 8. The predicted molar refractivity (Wildman–Crippen MR) is 131 cm³/mol. The van der Waals surface area contributed by atoms with E-state index in [2.05, 4.69) is 25.7 Å². The number of nitrogens with one attached hydrogen (secondary N) is 2. The van der Waals surface area contributed by atoms with Gasteiger partial charge in [-0.05, 0) is 49.9 Å². The Labute approximate surface area is 221 Å². The average molecular weight is 555 g/mol. The molecule has 2 fully saturated rings.